The molecule has 0 spiro atoms. The Balaban J connectivity index is 2.29. The molecule has 0 amide bonds. The van der Waals surface area contributed by atoms with Crippen molar-refractivity contribution in [3.8, 4) is 0 Å². The molecule has 0 aromatic carbocycles. The van der Waals surface area contributed by atoms with E-state index in [1.165, 1.54) is 37.7 Å². The zero-order valence-electron chi connectivity index (χ0n) is 9.97. The molecule has 1 fully saturated rings. The highest BCUT2D eigenvalue weighted by molar-refractivity contribution is 4.95. The molecular weight excluding hydrogens is 170 g/mol. The lowest BCUT2D eigenvalue weighted by molar-refractivity contribution is 0.262. The molecule has 1 nitrogen and oxygen atoms in total. The van der Waals surface area contributed by atoms with E-state index in [0.717, 1.165) is 18.5 Å². The number of allylic oxidation sites excluding steroid dienone is 1. The van der Waals surface area contributed by atoms with Gasteiger partial charge in [0.05, 0.1) is 0 Å². The standard InChI is InChI=1S/C13H25N/c1-4-12-7-5-6-8-13(12)14-10-9-11(2)3/h9,12-14H,4-8,10H2,1-3H3. The van der Waals surface area contributed by atoms with Gasteiger partial charge in [0.15, 0.2) is 0 Å². The minimum absolute atomic E-state index is 0.782. The van der Waals surface area contributed by atoms with Crippen molar-refractivity contribution < 1.29 is 0 Å². The van der Waals surface area contributed by atoms with Gasteiger partial charge in [-0.3, -0.25) is 0 Å². The maximum Gasteiger partial charge on any atom is 0.0140 e. The molecule has 1 saturated carbocycles. The van der Waals surface area contributed by atoms with E-state index in [0.29, 0.717) is 0 Å². The van der Waals surface area contributed by atoms with E-state index in [-0.39, 0.29) is 0 Å². The fraction of sp³-hybridized carbons (Fsp3) is 0.846. The third-order valence-corrected chi connectivity index (χ3v) is 3.32. The van der Waals surface area contributed by atoms with Crippen molar-refractivity contribution in [2.24, 2.45) is 5.92 Å². The van der Waals surface area contributed by atoms with Gasteiger partial charge >= 0.3 is 0 Å². The summed E-state index contributed by atoms with van der Waals surface area (Å²) >= 11 is 0. The van der Waals surface area contributed by atoms with Gasteiger partial charge in [-0.2, -0.15) is 0 Å². The van der Waals surface area contributed by atoms with Gasteiger partial charge in [0, 0.05) is 12.6 Å². The molecule has 1 rings (SSSR count). The van der Waals surface area contributed by atoms with Gasteiger partial charge in [-0.25, -0.2) is 0 Å². The largest absolute Gasteiger partial charge is 0.310 e. The lowest BCUT2D eigenvalue weighted by Crippen LogP contribution is -2.38. The number of hydrogen-bond donors (Lipinski definition) is 1. The summed E-state index contributed by atoms with van der Waals surface area (Å²) in [5, 5.41) is 3.68. The first-order chi connectivity index (χ1) is 6.74. The van der Waals surface area contributed by atoms with E-state index in [4.69, 9.17) is 0 Å². The van der Waals surface area contributed by atoms with E-state index < -0.39 is 0 Å². The van der Waals surface area contributed by atoms with Crippen LogP contribution in [0.3, 0.4) is 0 Å². The van der Waals surface area contributed by atoms with Crippen molar-refractivity contribution in [2.75, 3.05) is 6.54 Å². The molecule has 0 aromatic rings. The van der Waals surface area contributed by atoms with Crippen LogP contribution in [0.4, 0.5) is 0 Å². The van der Waals surface area contributed by atoms with E-state index in [2.05, 4.69) is 32.2 Å². The van der Waals surface area contributed by atoms with Crippen molar-refractivity contribution in [1.82, 2.24) is 5.32 Å². The Morgan fingerprint density at radius 3 is 2.64 bits per heavy atom. The maximum absolute atomic E-state index is 3.68. The summed E-state index contributed by atoms with van der Waals surface area (Å²) in [4.78, 5) is 0. The summed E-state index contributed by atoms with van der Waals surface area (Å²) in [5.41, 5.74) is 1.42. The predicted molar refractivity (Wildman–Crippen MR) is 63.5 cm³/mol. The van der Waals surface area contributed by atoms with Crippen molar-refractivity contribution in [3.05, 3.63) is 11.6 Å². The molecule has 1 heteroatoms. The Labute approximate surface area is 89.0 Å². The van der Waals surface area contributed by atoms with Gasteiger partial charge in [-0.1, -0.05) is 37.8 Å². The Kier molecular flexibility index (Phi) is 5.24. The first-order valence-corrected chi connectivity index (χ1v) is 6.10. The molecule has 1 aliphatic rings. The quantitative estimate of drug-likeness (QED) is 0.677. The second-order valence-electron chi connectivity index (χ2n) is 4.75. The van der Waals surface area contributed by atoms with Crippen molar-refractivity contribution in [2.45, 2.75) is 58.9 Å². The summed E-state index contributed by atoms with van der Waals surface area (Å²) in [7, 11) is 0. The Hall–Kier alpha value is -0.300. The molecule has 82 valence electrons. The smallest absolute Gasteiger partial charge is 0.0140 e. The van der Waals surface area contributed by atoms with Crippen LogP contribution < -0.4 is 5.32 Å². The zero-order chi connectivity index (χ0) is 10.4. The third kappa shape index (κ3) is 3.83. The first kappa shape index (κ1) is 11.8. The molecule has 0 saturated heterocycles. The average molecular weight is 195 g/mol. The zero-order valence-corrected chi connectivity index (χ0v) is 9.97. The Bertz CT molecular complexity index is 180. The maximum atomic E-state index is 3.68. The second-order valence-corrected chi connectivity index (χ2v) is 4.75. The van der Waals surface area contributed by atoms with Crippen LogP contribution in [0, 0.1) is 5.92 Å². The number of hydrogen-bond acceptors (Lipinski definition) is 1. The van der Waals surface area contributed by atoms with Crippen LogP contribution in [0.5, 0.6) is 0 Å². The van der Waals surface area contributed by atoms with Crippen molar-refractivity contribution in [3.63, 3.8) is 0 Å². The van der Waals surface area contributed by atoms with Crippen LogP contribution in [0.2, 0.25) is 0 Å². The highest BCUT2D eigenvalue weighted by atomic mass is 14.9. The normalized spacial score (nSPS) is 27.4. The molecule has 0 heterocycles. The molecular formula is C13H25N. The minimum atomic E-state index is 0.782. The van der Waals surface area contributed by atoms with Crippen LogP contribution >= 0.6 is 0 Å². The van der Waals surface area contributed by atoms with Crippen LogP contribution in [0.25, 0.3) is 0 Å². The Morgan fingerprint density at radius 1 is 1.29 bits per heavy atom. The summed E-state index contributed by atoms with van der Waals surface area (Å²) < 4.78 is 0. The van der Waals surface area contributed by atoms with Crippen LogP contribution in [0.1, 0.15) is 52.9 Å². The van der Waals surface area contributed by atoms with Crippen molar-refractivity contribution in [1.29, 1.82) is 0 Å². The fourth-order valence-corrected chi connectivity index (χ4v) is 2.38. The Morgan fingerprint density at radius 2 is 2.00 bits per heavy atom. The van der Waals surface area contributed by atoms with Gasteiger partial charge in [0.25, 0.3) is 0 Å². The molecule has 0 bridgehead atoms. The topological polar surface area (TPSA) is 12.0 Å². The summed E-state index contributed by atoms with van der Waals surface area (Å²) in [5.74, 6) is 0.925. The summed E-state index contributed by atoms with van der Waals surface area (Å²) in [6.07, 6.45) is 9.31. The van der Waals surface area contributed by atoms with E-state index in [1.807, 2.05) is 0 Å². The highest BCUT2D eigenvalue weighted by Crippen LogP contribution is 2.26. The molecule has 2 atom stereocenters. The van der Waals surface area contributed by atoms with Gasteiger partial charge < -0.3 is 5.32 Å². The monoisotopic (exact) mass is 195 g/mol. The van der Waals surface area contributed by atoms with Crippen LogP contribution in [-0.4, -0.2) is 12.6 Å². The SMILES string of the molecule is CCC1CCCCC1NCC=C(C)C. The minimum Gasteiger partial charge on any atom is -0.310 e. The number of rotatable bonds is 4. The number of nitrogens with one attached hydrogen (secondary N) is 1. The molecule has 1 N–H and O–H groups in total. The second kappa shape index (κ2) is 6.23. The van der Waals surface area contributed by atoms with Gasteiger partial charge in [-0.15, -0.1) is 0 Å². The van der Waals surface area contributed by atoms with E-state index in [1.54, 1.807) is 0 Å². The van der Waals surface area contributed by atoms with Crippen molar-refractivity contribution >= 4 is 0 Å². The van der Waals surface area contributed by atoms with Crippen LogP contribution in [-0.2, 0) is 0 Å². The molecule has 0 aromatic heterocycles. The van der Waals surface area contributed by atoms with Gasteiger partial charge in [0.2, 0.25) is 0 Å². The summed E-state index contributed by atoms with van der Waals surface area (Å²) in [6, 6.07) is 0.782. The predicted octanol–water partition coefficient (Wildman–Crippen LogP) is 3.51. The molecule has 0 radical (unpaired) electrons. The van der Waals surface area contributed by atoms with Gasteiger partial charge in [-0.05, 0) is 32.6 Å². The average Bonchev–Trinajstić information content (AvgIpc) is 2.18. The first-order valence-electron chi connectivity index (χ1n) is 6.10. The summed E-state index contributed by atoms with van der Waals surface area (Å²) in [6.45, 7) is 7.72. The third-order valence-electron chi connectivity index (χ3n) is 3.32. The van der Waals surface area contributed by atoms with Crippen LogP contribution in [0.15, 0.2) is 11.6 Å². The van der Waals surface area contributed by atoms with E-state index >= 15 is 0 Å². The fourth-order valence-electron chi connectivity index (χ4n) is 2.38. The molecule has 2 unspecified atom stereocenters. The molecule has 14 heavy (non-hydrogen) atoms. The lowest BCUT2D eigenvalue weighted by Gasteiger charge is -2.31. The molecule has 0 aliphatic heterocycles. The van der Waals surface area contributed by atoms with Gasteiger partial charge in [0.1, 0.15) is 0 Å². The van der Waals surface area contributed by atoms with E-state index in [9.17, 15) is 0 Å². The highest BCUT2D eigenvalue weighted by Gasteiger charge is 2.22. The lowest BCUT2D eigenvalue weighted by atomic mass is 9.83. The molecule has 1 aliphatic carbocycles.